The highest BCUT2D eigenvalue weighted by atomic mass is 32.1. The molecule has 4 aromatic rings. The van der Waals surface area contributed by atoms with E-state index in [2.05, 4.69) is 26.3 Å². The van der Waals surface area contributed by atoms with Crippen molar-refractivity contribution in [1.29, 1.82) is 0 Å². The van der Waals surface area contributed by atoms with E-state index in [1.165, 1.54) is 16.2 Å². The molecule has 0 unspecified atom stereocenters. The maximum Gasteiger partial charge on any atom is 0.226 e. The number of nitrogens with zero attached hydrogens (tertiary/aromatic N) is 3. The Balaban J connectivity index is 1.66. The summed E-state index contributed by atoms with van der Waals surface area (Å²) in [7, 11) is 0. The van der Waals surface area contributed by atoms with Gasteiger partial charge in [0, 0.05) is 4.88 Å². The summed E-state index contributed by atoms with van der Waals surface area (Å²) in [5.41, 5.74) is 6.61. The largest absolute Gasteiger partial charge is 0.462 e. The first kappa shape index (κ1) is 13.2. The van der Waals surface area contributed by atoms with Crippen molar-refractivity contribution in [3.05, 3.63) is 40.8 Å². The monoisotopic (exact) mass is 329 g/mol. The second-order valence-electron chi connectivity index (χ2n) is 4.52. The van der Waals surface area contributed by atoms with Gasteiger partial charge in [0.15, 0.2) is 21.4 Å². The van der Waals surface area contributed by atoms with Crippen molar-refractivity contribution in [3.63, 3.8) is 0 Å². The summed E-state index contributed by atoms with van der Waals surface area (Å²) in [4.78, 5) is 15.2. The lowest BCUT2D eigenvalue weighted by molar-refractivity contribution is 0.582. The first-order valence-electron chi connectivity index (χ1n) is 6.54. The number of hydrogen-bond donors (Lipinski definition) is 2. The zero-order chi connectivity index (χ0) is 14.9. The zero-order valence-electron chi connectivity index (χ0n) is 11.3. The maximum atomic E-state index is 6.00. The number of aromatic nitrogens is 3. The molecule has 0 amide bonds. The summed E-state index contributed by atoms with van der Waals surface area (Å²) in [5.74, 6) is 1.58. The van der Waals surface area contributed by atoms with E-state index < -0.39 is 0 Å². The molecule has 4 heterocycles. The minimum atomic E-state index is 0.368. The number of anilines is 2. The predicted molar refractivity (Wildman–Crippen MR) is 89.0 cm³/mol. The lowest BCUT2D eigenvalue weighted by Crippen LogP contribution is -2.04. The molecule has 0 atom stereocenters. The highest BCUT2D eigenvalue weighted by molar-refractivity contribution is 7.21. The summed E-state index contributed by atoms with van der Waals surface area (Å²) in [6.07, 6.45) is 1.62. The molecular formula is C14H11N5OS2. The standard InChI is InChI=1S/C14H11N5OS2/c15-11-10-13(22-12(17-10)9-4-1-5-20-9)19-14(18-11)16-7-8-3-2-6-21-8/h1-6H,7H2,(H3,15,16,18,19). The fourth-order valence-corrected chi connectivity index (χ4v) is 3.57. The van der Waals surface area contributed by atoms with Gasteiger partial charge in [0.05, 0.1) is 12.8 Å². The molecular weight excluding hydrogens is 318 g/mol. The summed E-state index contributed by atoms with van der Waals surface area (Å²) in [6, 6.07) is 7.75. The van der Waals surface area contributed by atoms with Gasteiger partial charge in [-0.2, -0.15) is 4.98 Å². The maximum absolute atomic E-state index is 6.00. The molecule has 0 aliphatic heterocycles. The van der Waals surface area contributed by atoms with Gasteiger partial charge in [0.25, 0.3) is 0 Å². The van der Waals surface area contributed by atoms with Crippen LogP contribution in [0.4, 0.5) is 11.8 Å². The van der Waals surface area contributed by atoms with Crippen LogP contribution in [0.2, 0.25) is 0 Å². The third-order valence-electron chi connectivity index (χ3n) is 3.02. The van der Waals surface area contributed by atoms with Crippen LogP contribution in [0.15, 0.2) is 40.3 Å². The molecule has 8 heteroatoms. The van der Waals surface area contributed by atoms with Gasteiger partial charge in [-0.3, -0.25) is 0 Å². The van der Waals surface area contributed by atoms with Crippen molar-refractivity contribution in [3.8, 4) is 10.8 Å². The predicted octanol–water partition coefficient (Wildman–Crippen LogP) is 3.60. The van der Waals surface area contributed by atoms with Gasteiger partial charge in [-0.25, -0.2) is 9.97 Å². The molecule has 0 radical (unpaired) electrons. The van der Waals surface area contributed by atoms with Gasteiger partial charge < -0.3 is 15.5 Å². The number of hydrogen-bond acceptors (Lipinski definition) is 8. The Kier molecular flexibility index (Phi) is 3.24. The zero-order valence-corrected chi connectivity index (χ0v) is 12.9. The van der Waals surface area contributed by atoms with Crippen molar-refractivity contribution in [1.82, 2.24) is 15.0 Å². The van der Waals surface area contributed by atoms with Crippen molar-refractivity contribution < 1.29 is 4.42 Å². The van der Waals surface area contributed by atoms with Gasteiger partial charge in [0.1, 0.15) is 5.52 Å². The molecule has 22 heavy (non-hydrogen) atoms. The van der Waals surface area contributed by atoms with Crippen molar-refractivity contribution in [2.45, 2.75) is 6.54 Å². The molecule has 4 rings (SSSR count). The number of nitrogens with one attached hydrogen (secondary N) is 1. The van der Waals surface area contributed by atoms with Crippen LogP contribution in [-0.2, 0) is 6.54 Å². The summed E-state index contributed by atoms with van der Waals surface area (Å²) in [5, 5.41) is 5.97. The highest BCUT2D eigenvalue weighted by Crippen LogP contribution is 2.31. The molecule has 0 aliphatic carbocycles. The fraction of sp³-hybridized carbons (Fsp3) is 0.0714. The first-order chi connectivity index (χ1) is 10.8. The highest BCUT2D eigenvalue weighted by Gasteiger charge is 2.14. The normalized spacial score (nSPS) is 11.1. The smallest absolute Gasteiger partial charge is 0.226 e. The number of thiazole rings is 1. The van der Waals surface area contributed by atoms with E-state index in [1.807, 2.05) is 23.6 Å². The summed E-state index contributed by atoms with van der Waals surface area (Å²) >= 11 is 3.11. The average molecular weight is 329 g/mol. The quantitative estimate of drug-likeness (QED) is 0.594. The molecule has 0 saturated heterocycles. The van der Waals surface area contributed by atoms with Gasteiger partial charge in [-0.05, 0) is 23.6 Å². The third kappa shape index (κ3) is 2.42. The van der Waals surface area contributed by atoms with Gasteiger partial charge in [-0.1, -0.05) is 17.4 Å². The Hall–Kier alpha value is -2.45. The SMILES string of the molecule is Nc1nc(NCc2cccs2)nc2sc(-c3ccco3)nc12. The Morgan fingerprint density at radius 2 is 2.14 bits per heavy atom. The van der Waals surface area contributed by atoms with Crippen molar-refractivity contribution in [2.24, 2.45) is 0 Å². The molecule has 3 N–H and O–H groups in total. The van der Waals surface area contributed by atoms with Gasteiger partial charge in [0.2, 0.25) is 5.95 Å². The van der Waals surface area contributed by atoms with E-state index in [0.29, 0.717) is 29.6 Å². The topological polar surface area (TPSA) is 89.9 Å². The number of thiophene rings is 1. The number of fused-ring (bicyclic) bond motifs is 1. The van der Waals surface area contributed by atoms with Gasteiger partial charge >= 0.3 is 0 Å². The second kappa shape index (κ2) is 5.39. The molecule has 0 saturated carbocycles. The van der Waals surface area contributed by atoms with Crippen LogP contribution in [0.1, 0.15) is 4.88 Å². The van der Waals surface area contributed by atoms with E-state index in [-0.39, 0.29) is 0 Å². The van der Waals surface area contributed by atoms with Crippen LogP contribution in [-0.4, -0.2) is 15.0 Å². The van der Waals surface area contributed by atoms with Gasteiger partial charge in [-0.15, -0.1) is 11.3 Å². The number of nitrogens with two attached hydrogens (primary N) is 1. The molecule has 0 aliphatic rings. The third-order valence-corrected chi connectivity index (χ3v) is 4.86. The van der Waals surface area contributed by atoms with Crippen molar-refractivity contribution in [2.75, 3.05) is 11.1 Å². The second-order valence-corrected chi connectivity index (χ2v) is 6.53. The molecule has 0 bridgehead atoms. The van der Waals surface area contributed by atoms with Crippen LogP contribution in [0, 0.1) is 0 Å². The van der Waals surface area contributed by atoms with Crippen LogP contribution in [0.5, 0.6) is 0 Å². The van der Waals surface area contributed by atoms with Crippen LogP contribution in [0.25, 0.3) is 21.1 Å². The molecule has 4 aromatic heterocycles. The van der Waals surface area contributed by atoms with E-state index in [1.54, 1.807) is 17.6 Å². The van der Waals surface area contributed by atoms with E-state index in [0.717, 1.165) is 9.84 Å². The number of furan rings is 1. The van der Waals surface area contributed by atoms with E-state index in [9.17, 15) is 0 Å². The van der Waals surface area contributed by atoms with Crippen LogP contribution < -0.4 is 11.1 Å². The minimum Gasteiger partial charge on any atom is -0.462 e. The molecule has 6 nitrogen and oxygen atoms in total. The van der Waals surface area contributed by atoms with Crippen LogP contribution >= 0.6 is 22.7 Å². The minimum absolute atomic E-state index is 0.368. The molecule has 0 fully saturated rings. The lowest BCUT2D eigenvalue weighted by atomic mass is 10.4. The Morgan fingerprint density at radius 1 is 1.18 bits per heavy atom. The summed E-state index contributed by atoms with van der Waals surface area (Å²) in [6.45, 7) is 0.673. The molecule has 0 spiro atoms. The number of rotatable bonds is 4. The summed E-state index contributed by atoms with van der Waals surface area (Å²) < 4.78 is 5.36. The Morgan fingerprint density at radius 3 is 2.91 bits per heavy atom. The molecule has 0 aromatic carbocycles. The Labute approximate surface area is 133 Å². The van der Waals surface area contributed by atoms with Crippen LogP contribution in [0.3, 0.4) is 0 Å². The molecule has 110 valence electrons. The lowest BCUT2D eigenvalue weighted by Gasteiger charge is -2.03. The number of nitrogen functional groups attached to an aromatic ring is 1. The fourth-order valence-electron chi connectivity index (χ4n) is 2.01. The average Bonchev–Trinajstić information content (AvgIpc) is 3.25. The first-order valence-corrected chi connectivity index (χ1v) is 8.23. The van der Waals surface area contributed by atoms with E-state index in [4.69, 9.17) is 10.2 Å². The van der Waals surface area contributed by atoms with E-state index >= 15 is 0 Å². The van der Waals surface area contributed by atoms with Crippen molar-refractivity contribution >= 4 is 44.8 Å². The Bertz CT molecular complexity index is 899.